The molecule has 6 heteroatoms. The van der Waals surface area contributed by atoms with E-state index in [-0.39, 0.29) is 5.91 Å². The molecule has 0 saturated carbocycles. The summed E-state index contributed by atoms with van der Waals surface area (Å²) in [5, 5.41) is 7.66. The minimum absolute atomic E-state index is 0.0191. The van der Waals surface area contributed by atoms with Gasteiger partial charge in [0, 0.05) is 30.9 Å². The highest BCUT2D eigenvalue weighted by atomic mass is 16.5. The van der Waals surface area contributed by atoms with Crippen LogP contribution in [0.2, 0.25) is 0 Å². The summed E-state index contributed by atoms with van der Waals surface area (Å²) >= 11 is 0. The average molecular weight is 412 g/mol. The van der Waals surface area contributed by atoms with Gasteiger partial charge in [-0.05, 0) is 55.3 Å². The van der Waals surface area contributed by atoms with E-state index in [4.69, 9.17) is 9.84 Å². The molecular formula is C25H24N4O2. The number of hydrogen-bond acceptors (Lipinski definition) is 4. The van der Waals surface area contributed by atoms with E-state index in [1.165, 1.54) is 0 Å². The molecule has 0 unspecified atom stereocenters. The van der Waals surface area contributed by atoms with Gasteiger partial charge >= 0.3 is 0 Å². The molecule has 0 atom stereocenters. The Morgan fingerprint density at radius 3 is 2.35 bits per heavy atom. The fourth-order valence-electron chi connectivity index (χ4n) is 3.30. The Kier molecular flexibility index (Phi) is 6.38. The van der Waals surface area contributed by atoms with Gasteiger partial charge in [0.15, 0.2) is 0 Å². The van der Waals surface area contributed by atoms with Gasteiger partial charge in [0.1, 0.15) is 5.75 Å². The van der Waals surface area contributed by atoms with E-state index in [1.54, 1.807) is 17.1 Å². The lowest BCUT2D eigenvalue weighted by molar-refractivity contribution is -0.121. The first-order valence-corrected chi connectivity index (χ1v) is 10.2. The summed E-state index contributed by atoms with van der Waals surface area (Å²) in [4.78, 5) is 16.4. The minimum Gasteiger partial charge on any atom is -0.439 e. The molecule has 0 aliphatic heterocycles. The van der Waals surface area contributed by atoms with Gasteiger partial charge in [0.2, 0.25) is 11.8 Å². The van der Waals surface area contributed by atoms with Crippen molar-refractivity contribution in [3.63, 3.8) is 0 Å². The van der Waals surface area contributed by atoms with Gasteiger partial charge in [-0.3, -0.25) is 9.78 Å². The molecule has 156 valence electrons. The summed E-state index contributed by atoms with van der Waals surface area (Å²) in [7, 11) is 0. The van der Waals surface area contributed by atoms with Crippen LogP contribution < -0.4 is 10.1 Å². The van der Waals surface area contributed by atoms with Gasteiger partial charge < -0.3 is 10.1 Å². The number of hydrogen-bond donors (Lipinski definition) is 1. The Bertz CT molecular complexity index is 1130. The second-order valence-electron chi connectivity index (χ2n) is 7.16. The number of nitrogens with zero attached hydrogens (tertiary/aromatic N) is 3. The predicted molar refractivity (Wildman–Crippen MR) is 119 cm³/mol. The predicted octanol–water partition coefficient (Wildman–Crippen LogP) is 4.62. The zero-order chi connectivity index (χ0) is 21.5. The van der Waals surface area contributed by atoms with E-state index >= 15 is 0 Å². The average Bonchev–Trinajstić information content (AvgIpc) is 3.13. The number of aromatic nitrogens is 3. The number of ether oxygens (including phenoxy) is 1. The molecule has 2 heterocycles. The van der Waals surface area contributed by atoms with Crippen LogP contribution in [0.4, 0.5) is 0 Å². The fraction of sp³-hybridized carbons (Fsp3) is 0.160. The Hall–Kier alpha value is -3.93. The summed E-state index contributed by atoms with van der Waals surface area (Å²) < 4.78 is 8.04. The van der Waals surface area contributed by atoms with Crippen LogP contribution in [0, 0.1) is 6.92 Å². The van der Waals surface area contributed by atoms with Crippen molar-refractivity contribution in [2.24, 2.45) is 0 Å². The number of carbonyl (C=O) groups is 1. The largest absolute Gasteiger partial charge is 0.439 e. The van der Waals surface area contributed by atoms with Gasteiger partial charge in [-0.1, -0.05) is 36.4 Å². The van der Waals surface area contributed by atoms with E-state index in [9.17, 15) is 4.79 Å². The molecule has 0 fully saturated rings. The molecule has 0 aliphatic carbocycles. The van der Waals surface area contributed by atoms with E-state index in [1.807, 2.05) is 79.7 Å². The standard InChI is InChI=1S/C25H24N4O2/c1-19-23(12-13-24(30)27-18-20-14-16-26-17-15-20)25(31-22-10-6-3-7-11-22)29(28-19)21-8-4-2-5-9-21/h2-11,14-17H,12-13,18H2,1H3,(H,27,30). The van der Waals surface area contributed by atoms with Crippen LogP contribution in [-0.4, -0.2) is 20.7 Å². The first-order valence-electron chi connectivity index (χ1n) is 10.2. The Morgan fingerprint density at radius 1 is 0.968 bits per heavy atom. The van der Waals surface area contributed by atoms with Crippen molar-refractivity contribution in [1.29, 1.82) is 0 Å². The van der Waals surface area contributed by atoms with Crippen molar-refractivity contribution in [2.75, 3.05) is 0 Å². The second kappa shape index (κ2) is 9.71. The number of nitrogens with one attached hydrogen (secondary N) is 1. The highest BCUT2D eigenvalue weighted by Crippen LogP contribution is 2.31. The van der Waals surface area contributed by atoms with Crippen molar-refractivity contribution in [1.82, 2.24) is 20.1 Å². The van der Waals surface area contributed by atoms with Crippen molar-refractivity contribution in [2.45, 2.75) is 26.3 Å². The van der Waals surface area contributed by atoms with Crippen molar-refractivity contribution < 1.29 is 9.53 Å². The molecule has 1 amide bonds. The van der Waals surface area contributed by atoms with Crippen LogP contribution in [0.3, 0.4) is 0 Å². The molecule has 0 bridgehead atoms. The first kappa shape index (κ1) is 20.3. The number of carbonyl (C=O) groups excluding carboxylic acids is 1. The molecule has 0 saturated heterocycles. The summed E-state index contributed by atoms with van der Waals surface area (Å²) in [6, 6.07) is 23.2. The lowest BCUT2D eigenvalue weighted by Gasteiger charge is -2.11. The third-order valence-corrected chi connectivity index (χ3v) is 4.94. The number of rotatable bonds is 8. The lowest BCUT2D eigenvalue weighted by Crippen LogP contribution is -2.23. The van der Waals surface area contributed by atoms with E-state index < -0.39 is 0 Å². The van der Waals surface area contributed by atoms with E-state index in [2.05, 4.69) is 10.3 Å². The molecule has 0 aliphatic rings. The zero-order valence-corrected chi connectivity index (χ0v) is 17.4. The van der Waals surface area contributed by atoms with E-state index in [0.29, 0.717) is 25.3 Å². The first-order chi connectivity index (χ1) is 15.2. The second-order valence-corrected chi connectivity index (χ2v) is 7.16. The summed E-state index contributed by atoms with van der Waals surface area (Å²) in [6.07, 6.45) is 4.31. The molecule has 2 aromatic heterocycles. The van der Waals surface area contributed by atoms with Crippen LogP contribution in [0.5, 0.6) is 11.6 Å². The number of amides is 1. The smallest absolute Gasteiger partial charge is 0.226 e. The fourth-order valence-corrected chi connectivity index (χ4v) is 3.30. The molecular weight excluding hydrogens is 388 g/mol. The van der Waals surface area contributed by atoms with Gasteiger partial charge in [0.05, 0.1) is 11.4 Å². The molecule has 6 nitrogen and oxygen atoms in total. The van der Waals surface area contributed by atoms with Gasteiger partial charge in [-0.2, -0.15) is 5.10 Å². The number of aryl methyl sites for hydroxylation is 1. The van der Waals surface area contributed by atoms with Crippen molar-refractivity contribution >= 4 is 5.91 Å². The SMILES string of the molecule is Cc1nn(-c2ccccc2)c(Oc2ccccc2)c1CCC(=O)NCc1ccncc1. The van der Waals surface area contributed by atoms with Crippen LogP contribution in [-0.2, 0) is 17.8 Å². The maximum Gasteiger partial charge on any atom is 0.226 e. The molecule has 2 aromatic carbocycles. The quantitative estimate of drug-likeness (QED) is 0.459. The zero-order valence-electron chi connectivity index (χ0n) is 17.4. The van der Waals surface area contributed by atoms with E-state index in [0.717, 1.165) is 28.3 Å². The van der Waals surface area contributed by atoms with Crippen molar-refractivity contribution in [3.8, 4) is 17.3 Å². The van der Waals surface area contributed by atoms with Crippen LogP contribution in [0.1, 0.15) is 23.2 Å². The van der Waals surface area contributed by atoms with Crippen LogP contribution >= 0.6 is 0 Å². The summed E-state index contributed by atoms with van der Waals surface area (Å²) in [5.74, 6) is 1.34. The molecule has 31 heavy (non-hydrogen) atoms. The lowest BCUT2D eigenvalue weighted by atomic mass is 10.1. The van der Waals surface area contributed by atoms with Crippen LogP contribution in [0.25, 0.3) is 5.69 Å². The maximum absolute atomic E-state index is 12.5. The normalized spacial score (nSPS) is 10.6. The summed E-state index contributed by atoms with van der Waals surface area (Å²) in [6.45, 7) is 2.43. The van der Waals surface area contributed by atoms with Gasteiger partial charge in [-0.15, -0.1) is 0 Å². The third kappa shape index (κ3) is 5.17. The monoisotopic (exact) mass is 412 g/mol. The van der Waals surface area contributed by atoms with Gasteiger partial charge in [-0.25, -0.2) is 4.68 Å². The van der Waals surface area contributed by atoms with Crippen LogP contribution in [0.15, 0.2) is 85.2 Å². The Balaban J connectivity index is 1.53. The highest BCUT2D eigenvalue weighted by Gasteiger charge is 2.19. The maximum atomic E-state index is 12.5. The molecule has 1 N–H and O–H groups in total. The number of para-hydroxylation sites is 2. The summed E-state index contributed by atoms with van der Waals surface area (Å²) in [5.41, 5.74) is 3.69. The number of benzene rings is 2. The minimum atomic E-state index is -0.0191. The molecule has 4 aromatic rings. The van der Waals surface area contributed by atoms with Crippen molar-refractivity contribution in [3.05, 3.63) is 102 Å². The third-order valence-electron chi connectivity index (χ3n) is 4.94. The molecule has 0 radical (unpaired) electrons. The number of pyridine rings is 1. The topological polar surface area (TPSA) is 69.0 Å². The molecule has 4 rings (SSSR count). The van der Waals surface area contributed by atoms with Gasteiger partial charge in [0.25, 0.3) is 0 Å². The Morgan fingerprint density at radius 2 is 1.65 bits per heavy atom. The highest BCUT2D eigenvalue weighted by molar-refractivity contribution is 5.76. The molecule has 0 spiro atoms. The Labute approximate surface area is 181 Å².